The highest BCUT2D eigenvalue weighted by molar-refractivity contribution is 6.04. The summed E-state index contributed by atoms with van der Waals surface area (Å²) in [6.45, 7) is 7.40. The van der Waals surface area contributed by atoms with Crippen molar-refractivity contribution in [1.29, 1.82) is 0 Å². The van der Waals surface area contributed by atoms with E-state index < -0.39 is 34.1 Å². The third-order valence-electron chi connectivity index (χ3n) is 9.63. The first-order chi connectivity index (χ1) is 16.4. The second-order valence-electron chi connectivity index (χ2n) is 11.8. The van der Waals surface area contributed by atoms with Crippen LogP contribution in [0, 0.1) is 29.1 Å². The van der Waals surface area contributed by atoms with Gasteiger partial charge in [0.1, 0.15) is 11.2 Å². The Balaban J connectivity index is 1.48. The normalized spacial score (nSPS) is 41.1. The van der Waals surface area contributed by atoms with E-state index in [1.807, 2.05) is 43.3 Å². The van der Waals surface area contributed by atoms with Crippen LogP contribution in [0.25, 0.3) is 0 Å². The van der Waals surface area contributed by atoms with E-state index in [0.717, 1.165) is 5.56 Å². The number of benzene rings is 1. The maximum absolute atomic E-state index is 13.0. The molecular formula is C29H36O6. The molecule has 35 heavy (non-hydrogen) atoms. The van der Waals surface area contributed by atoms with Crippen molar-refractivity contribution in [2.24, 2.45) is 29.1 Å². The van der Waals surface area contributed by atoms with Crippen molar-refractivity contribution in [3.8, 4) is 0 Å². The molecule has 7 atom stereocenters. The smallest absolute Gasteiger partial charge is 0.306 e. The minimum Gasteiger partial charge on any atom is -0.458 e. The third kappa shape index (κ3) is 3.26. The molecule has 0 unspecified atom stereocenters. The molecule has 4 aliphatic carbocycles. The standard InChI is InChI=1S/C29H36O6/c1-17-12-22-27(33,25(17)32)15-20(16-30)13-21-24-26(3,4)28(24,14-18(2)29(21,22)34)35-23(31)11-10-19-8-6-5-7-9-19/h5-9,12-13,18,21-22,24,30,33-34H,10-11,14-16H2,1-4H3/t18-,21+,22-,24-,27-,28+,29-/m1/s1. The van der Waals surface area contributed by atoms with E-state index in [0.29, 0.717) is 24.0 Å². The maximum Gasteiger partial charge on any atom is 0.306 e. The van der Waals surface area contributed by atoms with Crippen LogP contribution in [-0.2, 0) is 20.7 Å². The Bertz CT molecular complexity index is 1120. The van der Waals surface area contributed by atoms with Gasteiger partial charge in [0.25, 0.3) is 0 Å². The van der Waals surface area contributed by atoms with E-state index in [4.69, 9.17) is 4.74 Å². The van der Waals surface area contributed by atoms with E-state index in [9.17, 15) is 24.9 Å². The predicted molar refractivity (Wildman–Crippen MR) is 130 cm³/mol. The number of aliphatic hydroxyl groups is 3. The van der Waals surface area contributed by atoms with Crippen LogP contribution in [0.3, 0.4) is 0 Å². The SMILES string of the molecule is CC1=C[C@H]2[C@@]3(O)[C@H](C)C[C@]4(OC(=O)CCc5ccccc5)[C@H]([C@@H]3C=C(CO)C[C@]2(O)C1=O)C4(C)C. The molecule has 0 amide bonds. The number of esters is 1. The van der Waals surface area contributed by atoms with E-state index in [-0.39, 0.29) is 43.0 Å². The summed E-state index contributed by atoms with van der Waals surface area (Å²) in [6, 6.07) is 9.82. The summed E-state index contributed by atoms with van der Waals surface area (Å²) in [4.78, 5) is 26.0. The van der Waals surface area contributed by atoms with Gasteiger partial charge in [-0.05, 0) is 42.4 Å². The van der Waals surface area contributed by atoms with Crippen LogP contribution >= 0.6 is 0 Å². The fourth-order valence-electron chi connectivity index (χ4n) is 7.74. The zero-order valence-electron chi connectivity index (χ0n) is 21.0. The predicted octanol–water partition coefficient (Wildman–Crippen LogP) is 3.14. The first-order valence-electron chi connectivity index (χ1n) is 12.7. The molecule has 0 saturated heterocycles. The molecule has 1 aromatic carbocycles. The van der Waals surface area contributed by atoms with Crippen LogP contribution in [-0.4, -0.2) is 50.5 Å². The summed E-state index contributed by atoms with van der Waals surface area (Å²) < 4.78 is 6.26. The summed E-state index contributed by atoms with van der Waals surface area (Å²) >= 11 is 0. The Morgan fingerprint density at radius 2 is 1.83 bits per heavy atom. The highest BCUT2D eigenvalue weighted by atomic mass is 16.6. The Kier molecular flexibility index (Phi) is 5.48. The lowest BCUT2D eigenvalue weighted by Gasteiger charge is -2.50. The fourth-order valence-corrected chi connectivity index (χ4v) is 7.74. The molecule has 2 saturated carbocycles. The summed E-state index contributed by atoms with van der Waals surface area (Å²) in [5.74, 6) is -2.45. The molecule has 0 radical (unpaired) electrons. The van der Waals surface area contributed by atoms with Crippen molar-refractivity contribution >= 4 is 11.8 Å². The van der Waals surface area contributed by atoms with E-state index in [2.05, 4.69) is 13.8 Å². The number of hydrogen-bond acceptors (Lipinski definition) is 6. The van der Waals surface area contributed by atoms with Gasteiger partial charge in [0.2, 0.25) is 0 Å². The Hall–Kier alpha value is -2.28. The monoisotopic (exact) mass is 480 g/mol. The average Bonchev–Trinajstić information content (AvgIpc) is 3.22. The summed E-state index contributed by atoms with van der Waals surface area (Å²) in [5.41, 5.74) is -2.27. The number of fused-ring (bicyclic) bond motifs is 5. The van der Waals surface area contributed by atoms with Crippen molar-refractivity contribution in [2.45, 2.75) is 70.2 Å². The second-order valence-corrected chi connectivity index (χ2v) is 11.8. The molecule has 6 nitrogen and oxygen atoms in total. The molecule has 0 aromatic heterocycles. The lowest BCUT2D eigenvalue weighted by Crippen LogP contribution is -2.61. The Morgan fingerprint density at radius 1 is 1.14 bits per heavy atom. The first kappa shape index (κ1) is 24.4. The minimum atomic E-state index is -1.78. The molecule has 3 N–H and O–H groups in total. The molecule has 6 heteroatoms. The van der Waals surface area contributed by atoms with Gasteiger partial charge < -0.3 is 20.1 Å². The van der Waals surface area contributed by atoms with Gasteiger partial charge in [-0.15, -0.1) is 0 Å². The number of hydrogen-bond donors (Lipinski definition) is 3. The summed E-state index contributed by atoms with van der Waals surface area (Å²) in [7, 11) is 0. The molecule has 188 valence electrons. The molecule has 4 aliphatic rings. The molecule has 0 heterocycles. The summed E-state index contributed by atoms with van der Waals surface area (Å²) in [5, 5.41) is 34.0. The Morgan fingerprint density at radius 3 is 2.49 bits per heavy atom. The highest BCUT2D eigenvalue weighted by Crippen LogP contribution is 2.76. The quantitative estimate of drug-likeness (QED) is 0.442. The molecule has 2 fully saturated rings. The third-order valence-corrected chi connectivity index (χ3v) is 9.63. The van der Waals surface area contributed by atoms with E-state index in [1.54, 1.807) is 13.0 Å². The van der Waals surface area contributed by atoms with Gasteiger partial charge in [-0.25, -0.2) is 0 Å². The van der Waals surface area contributed by atoms with Gasteiger partial charge in [0.05, 0.1) is 12.2 Å². The van der Waals surface area contributed by atoms with E-state index >= 15 is 0 Å². The molecule has 5 rings (SSSR count). The number of aryl methyl sites for hydroxylation is 1. The highest BCUT2D eigenvalue weighted by Gasteiger charge is 2.83. The largest absolute Gasteiger partial charge is 0.458 e. The lowest BCUT2D eigenvalue weighted by molar-refractivity contribution is -0.187. The minimum absolute atomic E-state index is 0.0105. The van der Waals surface area contributed by atoms with Crippen LogP contribution in [0.1, 0.15) is 52.5 Å². The van der Waals surface area contributed by atoms with Crippen molar-refractivity contribution < 1.29 is 29.6 Å². The van der Waals surface area contributed by atoms with Gasteiger partial charge in [-0.3, -0.25) is 9.59 Å². The zero-order chi connectivity index (χ0) is 25.4. The van der Waals surface area contributed by atoms with E-state index in [1.165, 1.54) is 0 Å². The number of Topliss-reactive ketones (excluding diaryl/α,β-unsaturated/α-hetero) is 1. The molecule has 1 aromatic rings. The second kappa shape index (κ2) is 7.86. The maximum atomic E-state index is 13.0. The number of ether oxygens (including phenoxy) is 1. The van der Waals surface area contributed by atoms with Gasteiger partial charge in [0, 0.05) is 36.0 Å². The van der Waals surface area contributed by atoms with Gasteiger partial charge in [-0.1, -0.05) is 63.3 Å². The van der Waals surface area contributed by atoms with Gasteiger partial charge >= 0.3 is 5.97 Å². The number of rotatable bonds is 5. The topological polar surface area (TPSA) is 104 Å². The fraction of sp³-hybridized carbons (Fsp3) is 0.586. The zero-order valence-corrected chi connectivity index (χ0v) is 21.0. The molecule has 0 spiro atoms. The van der Waals surface area contributed by atoms with Crippen LogP contribution in [0.15, 0.2) is 53.6 Å². The van der Waals surface area contributed by atoms with Gasteiger partial charge in [0.15, 0.2) is 5.78 Å². The van der Waals surface area contributed by atoms with Crippen molar-refractivity contribution in [2.75, 3.05) is 6.61 Å². The van der Waals surface area contributed by atoms with Crippen molar-refractivity contribution in [3.63, 3.8) is 0 Å². The van der Waals surface area contributed by atoms with Crippen molar-refractivity contribution in [1.82, 2.24) is 0 Å². The number of carbonyl (C=O) groups excluding carboxylic acids is 2. The van der Waals surface area contributed by atoms with Crippen LogP contribution in [0.4, 0.5) is 0 Å². The Labute approximate surface area is 206 Å². The molecule has 0 aliphatic heterocycles. The molecule has 0 bridgehead atoms. The van der Waals surface area contributed by atoms with Crippen molar-refractivity contribution in [3.05, 3.63) is 59.2 Å². The van der Waals surface area contributed by atoms with Crippen LogP contribution in [0.2, 0.25) is 0 Å². The molecular weight excluding hydrogens is 444 g/mol. The first-order valence-corrected chi connectivity index (χ1v) is 12.7. The number of ketones is 1. The lowest BCUT2D eigenvalue weighted by atomic mass is 9.60. The van der Waals surface area contributed by atoms with Crippen LogP contribution < -0.4 is 0 Å². The number of aliphatic hydroxyl groups excluding tert-OH is 1. The number of carbonyl (C=O) groups is 2. The van der Waals surface area contributed by atoms with Crippen LogP contribution in [0.5, 0.6) is 0 Å². The summed E-state index contributed by atoms with van der Waals surface area (Å²) in [6.07, 6.45) is 4.88. The van der Waals surface area contributed by atoms with Gasteiger partial charge in [-0.2, -0.15) is 0 Å². The average molecular weight is 481 g/mol.